The van der Waals surface area contributed by atoms with Crippen molar-refractivity contribution < 1.29 is 28.6 Å². The Morgan fingerprint density at radius 2 is 0.508 bits per heavy atom. The summed E-state index contributed by atoms with van der Waals surface area (Å²) in [5, 5.41) is 0. The van der Waals surface area contributed by atoms with Gasteiger partial charge < -0.3 is 14.2 Å². The van der Waals surface area contributed by atoms with E-state index >= 15 is 0 Å². The molecule has 0 spiro atoms. The average molecular weight is 920 g/mol. The lowest BCUT2D eigenvalue weighted by atomic mass is 10.0. The van der Waals surface area contributed by atoms with Crippen LogP contribution in [0, 0.1) is 5.92 Å². The molecule has 0 saturated carbocycles. The second kappa shape index (κ2) is 53.4. The molecule has 0 aromatic carbocycles. The van der Waals surface area contributed by atoms with Crippen molar-refractivity contribution in [1.29, 1.82) is 0 Å². The first kappa shape index (κ1) is 63.4. The zero-order valence-corrected chi connectivity index (χ0v) is 44.5. The summed E-state index contributed by atoms with van der Waals surface area (Å²) < 4.78 is 16.9. The second-order valence-corrected chi connectivity index (χ2v) is 20.8. The molecule has 65 heavy (non-hydrogen) atoms. The van der Waals surface area contributed by atoms with Crippen molar-refractivity contribution in [1.82, 2.24) is 0 Å². The molecule has 386 valence electrons. The SMILES string of the molecule is CCCCCCCCCCCCCCCCCCCCC(=O)OC[C@H](COC(=O)CCCCCCCCCCCCCCC)OC(=O)CCCCCCCCCCCCCCCC(C)C. The van der Waals surface area contributed by atoms with Gasteiger partial charge in [-0.15, -0.1) is 0 Å². The highest BCUT2D eigenvalue weighted by Gasteiger charge is 2.19. The van der Waals surface area contributed by atoms with Crippen molar-refractivity contribution in [3.05, 3.63) is 0 Å². The molecule has 0 heterocycles. The van der Waals surface area contributed by atoms with Crippen molar-refractivity contribution >= 4 is 17.9 Å². The Hall–Kier alpha value is -1.59. The van der Waals surface area contributed by atoms with Crippen LogP contribution in [-0.4, -0.2) is 37.2 Å². The number of rotatable bonds is 54. The number of hydrogen-bond donors (Lipinski definition) is 0. The molecule has 0 aliphatic carbocycles. The van der Waals surface area contributed by atoms with Gasteiger partial charge in [0.05, 0.1) is 0 Å². The summed E-state index contributed by atoms with van der Waals surface area (Å²) in [6.45, 7) is 9.06. The maximum atomic E-state index is 12.9. The minimum absolute atomic E-state index is 0.0617. The largest absolute Gasteiger partial charge is 0.462 e. The molecule has 1 atom stereocenters. The molecule has 0 saturated heterocycles. The van der Waals surface area contributed by atoms with Crippen LogP contribution in [0.3, 0.4) is 0 Å². The molecule has 0 rings (SSSR count). The molecule has 0 radical (unpaired) electrons. The van der Waals surface area contributed by atoms with Gasteiger partial charge in [0, 0.05) is 19.3 Å². The molecule has 0 fully saturated rings. The van der Waals surface area contributed by atoms with E-state index in [4.69, 9.17) is 14.2 Å². The maximum Gasteiger partial charge on any atom is 0.306 e. The molecule has 6 nitrogen and oxygen atoms in total. The molecule has 0 bridgehead atoms. The van der Waals surface area contributed by atoms with Crippen LogP contribution < -0.4 is 0 Å². The van der Waals surface area contributed by atoms with Crippen molar-refractivity contribution in [3.8, 4) is 0 Å². The number of carbonyl (C=O) groups is 3. The number of hydrogen-bond acceptors (Lipinski definition) is 6. The standard InChI is InChI=1S/C59H114O6/c1-5-7-9-11-13-15-17-19-20-21-22-23-27-31-35-39-43-47-51-58(61)64-54-56(53-63-57(60)50-46-42-38-34-30-25-18-16-14-12-10-8-6-2)65-59(62)52-48-44-40-36-32-28-24-26-29-33-37-41-45-49-55(3)4/h55-56H,5-54H2,1-4H3/t56-/m0/s1. The third-order valence-corrected chi connectivity index (χ3v) is 13.5. The highest BCUT2D eigenvalue weighted by atomic mass is 16.6. The average Bonchev–Trinajstić information content (AvgIpc) is 3.29. The Kier molecular flexibility index (Phi) is 52.1. The summed E-state index contributed by atoms with van der Waals surface area (Å²) >= 11 is 0. The summed E-state index contributed by atoms with van der Waals surface area (Å²) in [4.78, 5) is 38.1. The number of carbonyl (C=O) groups excluding carboxylic acids is 3. The topological polar surface area (TPSA) is 78.9 Å². The molecule has 0 unspecified atom stereocenters. The van der Waals surface area contributed by atoms with Crippen molar-refractivity contribution in [2.24, 2.45) is 5.92 Å². The molecule has 0 aliphatic rings. The van der Waals surface area contributed by atoms with Gasteiger partial charge in [-0.25, -0.2) is 0 Å². The second-order valence-electron chi connectivity index (χ2n) is 20.8. The van der Waals surface area contributed by atoms with E-state index in [0.29, 0.717) is 19.3 Å². The van der Waals surface area contributed by atoms with Gasteiger partial charge in [-0.05, 0) is 25.2 Å². The fraction of sp³-hybridized carbons (Fsp3) is 0.949. The van der Waals surface area contributed by atoms with Gasteiger partial charge in [0.1, 0.15) is 13.2 Å². The predicted molar refractivity (Wildman–Crippen MR) is 280 cm³/mol. The summed E-state index contributed by atoms with van der Waals surface area (Å²) in [5.41, 5.74) is 0. The van der Waals surface area contributed by atoms with Gasteiger partial charge in [-0.3, -0.25) is 14.4 Å². The molecular weight excluding hydrogens is 805 g/mol. The zero-order valence-electron chi connectivity index (χ0n) is 44.5. The normalized spacial score (nSPS) is 12.0. The first-order valence-electron chi connectivity index (χ1n) is 29.4. The maximum absolute atomic E-state index is 12.9. The molecule has 0 amide bonds. The fourth-order valence-corrected chi connectivity index (χ4v) is 9.10. The van der Waals surface area contributed by atoms with Crippen molar-refractivity contribution in [2.75, 3.05) is 13.2 Å². The lowest BCUT2D eigenvalue weighted by Gasteiger charge is -2.18. The fourth-order valence-electron chi connectivity index (χ4n) is 9.10. The van der Waals surface area contributed by atoms with Gasteiger partial charge in [0.25, 0.3) is 0 Å². The number of ether oxygens (including phenoxy) is 3. The van der Waals surface area contributed by atoms with E-state index in [-0.39, 0.29) is 31.1 Å². The molecule has 6 heteroatoms. The van der Waals surface area contributed by atoms with Crippen LogP contribution in [0.4, 0.5) is 0 Å². The van der Waals surface area contributed by atoms with Crippen LogP contribution in [0.5, 0.6) is 0 Å². The Labute approximate surface area is 406 Å². The van der Waals surface area contributed by atoms with Gasteiger partial charge in [0.2, 0.25) is 0 Å². The van der Waals surface area contributed by atoms with Crippen molar-refractivity contribution in [3.63, 3.8) is 0 Å². The Bertz CT molecular complexity index is 980. The molecule has 0 aromatic rings. The van der Waals surface area contributed by atoms with Gasteiger partial charge in [-0.2, -0.15) is 0 Å². The Morgan fingerprint density at radius 3 is 0.754 bits per heavy atom. The minimum atomic E-state index is -0.762. The van der Waals surface area contributed by atoms with E-state index in [1.807, 2.05) is 0 Å². The van der Waals surface area contributed by atoms with Crippen LogP contribution >= 0.6 is 0 Å². The first-order chi connectivity index (χ1) is 31.9. The van der Waals surface area contributed by atoms with E-state index in [2.05, 4.69) is 27.7 Å². The van der Waals surface area contributed by atoms with E-state index in [9.17, 15) is 14.4 Å². The quantitative estimate of drug-likeness (QED) is 0.0344. The Balaban J connectivity index is 4.28. The summed E-state index contributed by atoms with van der Waals surface area (Å²) in [6.07, 6.45) is 58.1. The van der Waals surface area contributed by atoms with Crippen LogP contribution in [0.25, 0.3) is 0 Å². The molecular formula is C59H114O6. The molecule has 0 aliphatic heterocycles. The highest BCUT2D eigenvalue weighted by Crippen LogP contribution is 2.18. The monoisotopic (exact) mass is 919 g/mol. The number of esters is 3. The first-order valence-corrected chi connectivity index (χ1v) is 29.4. The third-order valence-electron chi connectivity index (χ3n) is 13.5. The van der Waals surface area contributed by atoms with E-state index in [1.165, 1.54) is 231 Å². The lowest BCUT2D eigenvalue weighted by Crippen LogP contribution is -2.30. The smallest absolute Gasteiger partial charge is 0.306 e. The van der Waals surface area contributed by atoms with Gasteiger partial charge >= 0.3 is 17.9 Å². The molecule has 0 aromatic heterocycles. The summed E-state index contributed by atoms with van der Waals surface area (Å²) in [6, 6.07) is 0. The van der Waals surface area contributed by atoms with E-state index in [0.717, 1.165) is 63.7 Å². The van der Waals surface area contributed by atoms with Crippen LogP contribution in [0.15, 0.2) is 0 Å². The summed E-state index contributed by atoms with van der Waals surface area (Å²) in [5.74, 6) is 0.00393. The van der Waals surface area contributed by atoms with Crippen LogP contribution in [0.2, 0.25) is 0 Å². The van der Waals surface area contributed by atoms with Crippen LogP contribution in [0.1, 0.15) is 336 Å². The van der Waals surface area contributed by atoms with Gasteiger partial charge in [-0.1, -0.05) is 297 Å². The lowest BCUT2D eigenvalue weighted by molar-refractivity contribution is -0.167. The highest BCUT2D eigenvalue weighted by molar-refractivity contribution is 5.71. The predicted octanol–water partition coefficient (Wildman–Crippen LogP) is 19.4. The summed E-state index contributed by atoms with van der Waals surface area (Å²) in [7, 11) is 0. The van der Waals surface area contributed by atoms with Gasteiger partial charge in [0.15, 0.2) is 6.10 Å². The van der Waals surface area contributed by atoms with E-state index < -0.39 is 6.10 Å². The number of unbranched alkanes of at least 4 members (excludes halogenated alkanes) is 41. The molecule has 0 N–H and O–H groups in total. The van der Waals surface area contributed by atoms with E-state index in [1.54, 1.807) is 0 Å². The van der Waals surface area contributed by atoms with Crippen LogP contribution in [-0.2, 0) is 28.6 Å². The zero-order chi connectivity index (χ0) is 47.4. The Morgan fingerprint density at radius 1 is 0.292 bits per heavy atom. The minimum Gasteiger partial charge on any atom is -0.462 e. The van der Waals surface area contributed by atoms with Crippen molar-refractivity contribution in [2.45, 2.75) is 342 Å². The third kappa shape index (κ3) is 53.2.